The first-order chi connectivity index (χ1) is 20.3. The Morgan fingerprint density at radius 1 is 1.14 bits per heavy atom. The van der Waals surface area contributed by atoms with Crippen molar-refractivity contribution in [3.05, 3.63) is 111 Å². The first kappa shape index (κ1) is 28.3. The molecule has 0 saturated carbocycles. The molecule has 5 aromatic rings. The number of halogens is 1. The molecule has 214 valence electrons. The normalized spacial score (nSPS) is 12.7. The van der Waals surface area contributed by atoms with Crippen LogP contribution in [0.25, 0.3) is 21.9 Å². The van der Waals surface area contributed by atoms with Gasteiger partial charge in [-0.05, 0) is 55.8 Å². The van der Waals surface area contributed by atoms with Crippen LogP contribution in [0.1, 0.15) is 31.3 Å². The molecule has 0 bridgehead atoms. The van der Waals surface area contributed by atoms with E-state index in [0.29, 0.717) is 40.4 Å². The number of hydrogen-bond donors (Lipinski definition) is 1. The highest BCUT2D eigenvalue weighted by atomic mass is 19.1. The summed E-state index contributed by atoms with van der Waals surface area (Å²) in [4.78, 5) is 44.5. The van der Waals surface area contributed by atoms with E-state index in [9.17, 15) is 14.0 Å². The van der Waals surface area contributed by atoms with Gasteiger partial charge in [0.15, 0.2) is 5.43 Å². The highest BCUT2D eigenvalue weighted by Crippen LogP contribution is 2.23. The minimum atomic E-state index is -0.580. The number of hydrogen-bond acceptors (Lipinski definition) is 8. The topological polar surface area (TPSA) is 116 Å². The van der Waals surface area contributed by atoms with E-state index in [2.05, 4.69) is 20.3 Å². The van der Waals surface area contributed by atoms with E-state index in [-0.39, 0.29) is 17.4 Å². The molecule has 0 fully saturated rings. The van der Waals surface area contributed by atoms with E-state index in [0.717, 1.165) is 11.3 Å². The van der Waals surface area contributed by atoms with Crippen molar-refractivity contribution >= 4 is 33.5 Å². The minimum absolute atomic E-state index is 0.125. The number of ether oxygens (including phenoxy) is 1. The average molecular weight is 568 g/mol. The number of anilines is 1. The molecule has 42 heavy (non-hydrogen) atoms. The van der Waals surface area contributed by atoms with E-state index in [4.69, 9.17) is 9.72 Å². The molecule has 2 aromatic carbocycles. The van der Waals surface area contributed by atoms with Crippen LogP contribution in [0.3, 0.4) is 0 Å². The Bertz CT molecular complexity index is 1950. The van der Waals surface area contributed by atoms with Crippen LogP contribution in [-0.2, 0) is 13.1 Å². The quantitative estimate of drug-likeness (QED) is 0.260. The Morgan fingerprint density at radius 3 is 2.64 bits per heavy atom. The van der Waals surface area contributed by atoms with Crippen LogP contribution in [-0.4, -0.2) is 44.0 Å². The number of nitrogens with zero attached hydrogens (tertiary/aromatic N) is 6. The van der Waals surface area contributed by atoms with Crippen molar-refractivity contribution < 1.29 is 9.13 Å². The predicted octanol–water partition coefficient (Wildman–Crippen LogP) is 4.52. The fraction of sp³-hybridized carbons (Fsp3) is 0.226. The van der Waals surface area contributed by atoms with Gasteiger partial charge in [0.25, 0.3) is 5.56 Å². The lowest BCUT2D eigenvalue weighted by atomic mass is 10.2. The average Bonchev–Trinajstić information content (AvgIpc) is 3.00. The van der Waals surface area contributed by atoms with Crippen LogP contribution < -0.4 is 21.0 Å². The molecule has 0 aliphatic heterocycles. The lowest BCUT2D eigenvalue weighted by Crippen LogP contribution is -2.31. The van der Waals surface area contributed by atoms with Crippen LogP contribution in [0, 0.1) is 5.82 Å². The molecular weight excluding hydrogens is 537 g/mol. The van der Waals surface area contributed by atoms with Crippen molar-refractivity contribution in [3.63, 3.8) is 0 Å². The fourth-order valence-corrected chi connectivity index (χ4v) is 4.81. The molecule has 0 saturated heterocycles. The van der Waals surface area contributed by atoms with E-state index in [1.165, 1.54) is 35.2 Å². The summed E-state index contributed by atoms with van der Waals surface area (Å²) in [7, 11) is 3.25. The van der Waals surface area contributed by atoms with Crippen molar-refractivity contribution in [1.29, 1.82) is 0 Å². The Labute approximate surface area is 240 Å². The summed E-state index contributed by atoms with van der Waals surface area (Å²) < 4.78 is 22.6. The standard InChI is InChI=1S/C31H30FN7O3/c1-5-6-22(33-3)17-39-29(37-25-12-9-21(32)15-24(25)31(39)41)19(2)36-28-27-26(40)13-14-38(30(27)35-18-34-28)16-20-7-10-23(42-4)11-8-20/h5-15,18-19H,16-17H2,1-4H3,(H,34,35,36)/b6-5-,33-22+. The summed E-state index contributed by atoms with van der Waals surface area (Å²) in [5, 5.41) is 3.75. The van der Waals surface area contributed by atoms with Crippen LogP contribution in [0.2, 0.25) is 0 Å². The molecular formula is C31H30FN7O3. The molecule has 11 heteroatoms. The molecule has 0 spiro atoms. The number of rotatable bonds is 9. The number of allylic oxidation sites excluding steroid dienone is 2. The second-order valence-electron chi connectivity index (χ2n) is 9.68. The maximum absolute atomic E-state index is 14.1. The molecule has 0 radical (unpaired) electrons. The van der Waals surface area contributed by atoms with Crippen molar-refractivity contribution in [2.75, 3.05) is 19.5 Å². The Kier molecular flexibility index (Phi) is 8.19. The van der Waals surface area contributed by atoms with Gasteiger partial charge in [-0.25, -0.2) is 19.3 Å². The summed E-state index contributed by atoms with van der Waals surface area (Å²) in [6.07, 6.45) is 6.71. The number of fused-ring (bicyclic) bond motifs is 2. The van der Waals surface area contributed by atoms with E-state index in [1.807, 2.05) is 48.8 Å². The van der Waals surface area contributed by atoms with Gasteiger partial charge in [-0.15, -0.1) is 0 Å². The van der Waals surface area contributed by atoms with Gasteiger partial charge >= 0.3 is 0 Å². The fourth-order valence-electron chi connectivity index (χ4n) is 4.81. The van der Waals surface area contributed by atoms with Gasteiger partial charge in [-0.3, -0.25) is 19.1 Å². The molecule has 10 nitrogen and oxygen atoms in total. The Morgan fingerprint density at radius 2 is 1.93 bits per heavy atom. The predicted molar refractivity (Wildman–Crippen MR) is 162 cm³/mol. The van der Waals surface area contributed by atoms with Crippen LogP contribution in [0.4, 0.5) is 10.2 Å². The first-order valence-corrected chi connectivity index (χ1v) is 13.3. The van der Waals surface area contributed by atoms with Crippen LogP contribution in [0.5, 0.6) is 5.75 Å². The van der Waals surface area contributed by atoms with Gasteiger partial charge < -0.3 is 14.6 Å². The summed E-state index contributed by atoms with van der Waals surface area (Å²) in [5.41, 5.74) is 1.80. The monoisotopic (exact) mass is 567 g/mol. The summed E-state index contributed by atoms with van der Waals surface area (Å²) in [6, 6.07) is 12.5. The first-order valence-electron chi connectivity index (χ1n) is 13.3. The third kappa shape index (κ3) is 5.67. The Balaban J connectivity index is 1.58. The minimum Gasteiger partial charge on any atom is -0.497 e. The number of nitrogens with one attached hydrogen (secondary N) is 1. The van der Waals surface area contributed by atoms with Gasteiger partial charge in [0, 0.05) is 25.9 Å². The molecule has 0 aliphatic carbocycles. The second kappa shape index (κ2) is 12.1. The number of methoxy groups -OCH3 is 1. The van der Waals surface area contributed by atoms with Crippen LogP contribution in [0.15, 0.2) is 87.8 Å². The molecule has 3 heterocycles. The summed E-state index contributed by atoms with van der Waals surface area (Å²) in [5.74, 6) is 0.911. The largest absolute Gasteiger partial charge is 0.497 e. The highest BCUT2D eigenvalue weighted by molar-refractivity contribution is 5.95. The third-order valence-corrected chi connectivity index (χ3v) is 6.92. The zero-order valence-electron chi connectivity index (χ0n) is 23.7. The molecule has 0 amide bonds. The number of aliphatic imine (C=N–C) groups is 1. The highest BCUT2D eigenvalue weighted by Gasteiger charge is 2.20. The van der Waals surface area contributed by atoms with Crippen molar-refractivity contribution in [3.8, 4) is 5.75 Å². The van der Waals surface area contributed by atoms with E-state index >= 15 is 0 Å². The van der Waals surface area contributed by atoms with Crippen molar-refractivity contribution in [2.45, 2.75) is 33.0 Å². The number of benzene rings is 2. The lowest BCUT2D eigenvalue weighted by Gasteiger charge is -2.21. The maximum Gasteiger partial charge on any atom is 0.261 e. The number of aromatic nitrogens is 5. The summed E-state index contributed by atoms with van der Waals surface area (Å²) in [6.45, 7) is 4.27. The van der Waals surface area contributed by atoms with Gasteiger partial charge in [0.1, 0.15) is 40.6 Å². The van der Waals surface area contributed by atoms with Crippen LogP contribution >= 0.6 is 0 Å². The van der Waals surface area contributed by atoms with E-state index in [1.54, 1.807) is 26.4 Å². The summed E-state index contributed by atoms with van der Waals surface area (Å²) >= 11 is 0. The lowest BCUT2D eigenvalue weighted by molar-refractivity contribution is 0.414. The van der Waals surface area contributed by atoms with Crippen molar-refractivity contribution in [2.24, 2.45) is 4.99 Å². The Hall–Kier alpha value is -5.19. The molecule has 3 aromatic heterocycles. The number of pyridine rings is 1. The molecule has 0 aliphatic rings. The second-order valence-corrected chi connectivity index (χ2v) is 9.68. The molecule has 5 rings (SSSR count). The van der Waals surface area contributed by atoms with Gasteiger partial charge in [0.2, 0.25) is 0 Å². The zero-order chi connectivity index (χ0) is 29.8. The smallest absolute Gasteiger partial charge is 0.261 e. The SMILES string of the molecule is C/C=C\C(Cn1c(C(C)Nc2ncnc3c2c(=O)ccn3Cc2ccc(OC)cc2)nc2ccc(F)cc2c1=O)=N/C. The third-order valence-electron chi connectivity index (χ3n) is 6.92. The van der Waals surface area contributed by atoms with E-state index < -0.39 is 17.4 Å². The molecule has 1 N–H and O–H groups in total. The van der Waals surface area contributed by atoms with Crippen molar-refractivity contribution in [1.82, 2.24) is 24.1 Å². The van der Waals surface area contributed by atoms with Gasteiger partial charge in [0.05, 0.1) is 36.3 Å². The molecule has 1 unspecified atom stereocenters. The maximum atomic E-state index is 14.1. The van der Waals surface area contributed by atoms with Gasteiger partial charge in [-0.2, -0.15) is 0 Å². The molecule has 1 atom stereocenters. The zero-order valence-corrected chi connectivity index (χ0v) is 23.7. The van der Waals surface area contributed by atoms with Gasteiger partial charge in [-0.1, -0.05) is 18.2 Å².